The number of H-pyrrole nitrogens is 1. The van der Waals surface area contributed by atoms with Crippen LogP contribution < -0.4 is 0 Å². The molecule has 0 aliphatic rings. The van der Waals surface area contributed by atoms with Crippen molar-refractivity contribution in [2.45, 2.75) is 4.90 Å². The lowest BCUT2D eigenvalue weighted by Crippen LogP contribution is -1.94. The van der Waals surface area contributed by atoms with Gasteiger partial charge in [-0.05, 0) is 30.3 Å². The quantitative estimate of drug-likeness (QED) is 0.779. The molecule has 5 nitrogen and oxygen atoms in total. The minimum atomic E-state index is -1.01. The van der Waals surface area contributed by atoms with Crippen molar-refractivity contribution in [3.05, 3.63) is 48.0 Å². The van der Waals surface area contributed by atoms with Crippen molar-refractivity contribution in [1.29, 1.82) is 0 Å². The number of aromatic amines is 1. The highest BCUT2D eigenvalue weighted by Gasteiger charge is 2.09. The molecule has 1 unspecified atom stereocenters. The topological polar surface area (TPSA) is 83.1 Å². The molecule has 1 atom stereocenters. The minimum absolute atomic E-state index is 0.217. The second-order valence-corrected chi connectivity index (χ2v) is 5.98. The number of hydrogen-bond donors (Lipinski definition) is 2. The molecular weight excluding hydrogens is 288 g/mol. The van der Waals surface area contributed by atoms with Crippen molar-refractivity contribution in [2.24, 2.45) is 0 Å². The molecule has 1 aromatic heterocycles. The molecule has 2 N–H and O–H groups in total. The first-order valence-corrected chi connectivity index (χ1v) is 7.77. The van der Waals surface area contributed by atoms with Crippen LogP contribution >= 0.6 is 0 Å². The van der Waals surface area contributed by atoms with Gasteiger partial charge in [0.25, 0.3) is 0 Å². The second-order valence-electron chi connectivity index (χ2n) is 4.60. The van der Waals surface area contributed by atoms with Crippen LogP contribution in [0, 0.1) is 0 Å². The third-order valence-corrected chi connectivity index (χ3v) is 4.12. The fourth-order valence-electron chi connectivity index (χ4n) is 2.08. The van der Waals surface area contributed by atoms with Gasteiger partial charge in [-0.15, -0.1) is 0 Å². The van der Waals surface area contributed by atoms with E-state index in [9.17, 15) is 9.00 Å². The van der Waals surface area contributed by atoms with E-state index in [2.05, 4.69) is 9.97 Å². The number of imidazole rings is 1. The summed E-state index contributed by atoms with van der Waals surface area (Å²) < 4.78 is 11.4. The van der Waals surface area contributed by atoms with E-state index in [1.54, 1.807) is 30.5 Å². The lowest BCUT2D eigenvalue weighted by molar-refractivity contribution is 0.0697. The molecule has 0 spiro atoms. The number of nitrogens with one attached hydrogen (secondary N) is 1. The molecule has 0 fully saturated rings. The smallest absolute Gasteiger partial charge is 0.335 e. The first-order chi connectivity index (χ1) is 10.0. The highest BCUT2D eigenvalue weighted by atomic mass is 32.2. The Kier molecular flexibility index (Phi) is 3.31. The fourth-order valence-corrected chi connectivity index (χ4v) is 2.60. The maximum absolute atomic E-state index is 11.4. The van der Waals surface area contributed by atoms with Gasteiger partial charge in [-0.1, -0.05) is 12.1 Å². The highest BCUT2D eigenvalue weighted by Crippen LogP contribution is 2.22. The van der Waals surface area contributed by atoms with Crippen LogP contribution in [0.1, 0.15) is 10.4 Å². The van der Waals surface area contributed by atoms with Crippen molar-refractivity contribution < 1.29 is 14.1 Å². The average molecular weight is 300 g/mol. The second kappa shape index (κ2) is 5.14. The Morgan fingerprint density at radius 2 is 1.90 bits per heavy atom. The van der Waals surface area contributed by atoms with Crippen molar-refractivity contribution in [1.82, 2.24) is 9.97 Å². The molecule has 0 bridgehead atoms. The van der Waals surface area contributed by atoms with E-state index < -0.39 is 16.8 Å². The van der Waals surface area contributed by atoms with Crippen LogP contribution in [0.2, 0.25) is 0 Å². The zero-order chi connectivity index (χ0) is 15.0. The Labute approximate surface area is 123 Å². The fraction of sp³-hybridized carbons (Fsp3) is 0.0667. The number of carboxylic acid groups (broad SMARTS) is 1. The van der Waals surface area contributed by atoms with E-state index in [-0.39, 0.29) is 5.56 Å². The minimum Gasteiger partial charge on any atom is -0.478 e. The predicted octanol–water partition coefficient (Wildman–Crippen LogP) is 2.67. The number of fused-ring (bicyclic) bond motifs is 1. The number of hydrogen-bond acceptors (Lipinski definition) is 3. The predicted molar refractivity (Wildman–Crippen MR) is 80.8 cm³/mol. The molecule has 0 saturated carbocycles. The van der Waals surface area contributed by atoms with E-state index >= 15 is 0 Å². The van der Waals surface area contributed by atoms with Gasteiger partial charge in [0.2, 0.25) is 0 Å². The summed E-state index contributed by atoms with van der Waals surface area (Å²) in [6.45, 7) is 0. The summed E-state index contributed by atoms with van der Waals surface area (Å²) in [6.07, 6.45) is 1.63. The Morgan fingerprint density at radius 1 is 1.19 bits per heavy atom. The van der Waals surface area contributed by atoms with Crippen LogP contribution in [0.25, 0.3) is 22.4 Å². The Balaban J connectivity index is 2.04. The van der Waals surface area contributed by atoms with E-state index in [1.807, 2.05) is 12.1 Å². The first-order valence-electron chi connectivity index (χ1n) is 6.21. The maximum Gasteiger partial charge on any atom is 0.335 e. The summed E-state index contributed by atoms with van der Waals surface area (Å²) in [5, 5.41) is 8.99. The summed E-state index contributed by atoms with van der Waals surface area (Å²) in [6, 6.07) is 12.0. The zero-order valence-corrected chi connectivity index (χ0v) is 12.0. The molecule has 0 aliphatic heterocycles. The van der Waals surface area contributed by atoms with Gasteiger partial charge in [-0.25, -0.2) is 9.78 Å². The number of aromatic carboxylic acids is 1. The van der Waals surface area contributed by atoms with Crippen molar-refractivity contribution in [2.75, 3.05) is 6.26 Å². The van der Waals surface area contributed by atoms with Crippen LogP contribution in [0.15, 0.2) is 47.4 Å². The van der Waals surface area contributed by atoms with Gasteiger partial charge in [-0.3, -0.25) is 4.21 Å². The van der Waals surface area contributed by atoms with Crippen LogP contribution in [0.4, 0.5) is 0 Å². The average Bonchev–Trinajstić information content (AvgIpc) is 2.90. The van der Waals surface area contributed by atoms with Crippen LogP contribution in [0.3, 0.4) is 0 Å². The van der Waals surface area contributed by atoms with Crippen molar-refractivity contribution in [3.63, 3.8) is 0 Å². The summed E-state index contributed by atoms with van der Waals surface area (Å²) in [7, 11) is -1.01. The zero-order valence-electron chi connectivity index (χ0n) is 11.2. The Hall–Kier alpha value is -2.47. The molecule has 3 aromatic rings. The third kappa shape index (κ3) is 2.57. The van der Waals surface area contributed by atoms with Crippen molar-refractivity contribution >= 4 is 27.8 Å². The lowest BCUT2D eigenvalue weighted by Gasteiger charge is -1.98. The Morgan fingerprint density at radius 3 is 2.52 bits per heavy atom. The molecule has 6 heteroatoms. The number of carboxylic acids is 1. The highest BCUT2D eigenvalue weighted by molar-refractivity contribution is 7.84. The van der Waals surface area contributed by atoms with E-state index in [1.165, 1.54) is 6.07 Å². The molecule has 106 valence electrons. The van der Waals surface area contributed by atoms with Crippen molar-refractivity contribution in [3.8, 4) is 11.4 Å². The van der Waals surface area contributed by atoms with Crippen LogP contribution in [-0.2, 0) is 10.8 Å². The molecule has 0 radical (unpaired) electrons. The van der Waals surface area contributed by atoms with Gasteiger partial charge in [0.05, 0.1) is 16.6 Å². The number of benzene rings is 2. The summed E-state index contributed by atoms with van der Waals surface area (Å²) >= 11 is 0. The van der Waals surface area contributed by atoms with Gasteiger partial charge in [-0.2, -0.15) is 0 Å². The normalized spacial score (nSPS) is 12.4. The van der Waals surface area contributed by atoms with Gasteiger partial charge >= 0.3 is 5.97 Å². The van der Waals surface area contributed by atoms with Crippen LogP contribution in [-0.4, -0.2) is 31.5 Å². The van der Waals surface area contributed by atoms with Gasteiger partial charge in [0.1, 0.15) is 5.82 Å². The maximum atomic E-state index is 11.4. The van der Waals surface area contributed by atoms with E-state index in [0.717, 1.165) is 10.5 Å². The monoisotopic (exact) mass is 300 g/mol. The summed E-state index contributed by atoms with van der Waals surface area (Å²) in [5.41, 5.74) is 2.46. The number of aromatic nitrogens is 2. The molecule has 0 saturated heterocycles. The van der Waals surface area contributed by atoms with Gasteiger partial charge in [0, 0.05) is 27.5 Å². The third-order valence-electron chi connectivity index (χ3n) is 3.19. The van der Waals surface area contributed by atoms with Gasteiger partial charge < -0.3 is 10.1 Å². The molecule has 3 rings (SSSR count). The largest absolute Gasteiger partial charge is 0.478 e. The SMILES string of the molecule is CS(=O)c1ccc(-c2nc3ccc(C(=O)O)cc3[nH]2)cc1. The molecule has 0 amide bonds. The molecule has 0 aliphatic carbocycles. The molecule has 21 heavy (non-hydrogen) atoms. The van der Waals surface area contributed by atoms with E-state index in [0.29, 0.717) is 16.9 Å². The standard InChI is InChI=1S/C15H12N2O3S/c1-21(20)11-5-2-9(3-6-11)14-16-12-7-4-10(15(18)19)8-13(12)17-14/h2-8H,1H3,(H,16,17)(H,18,19). The molecule has 1 heterocycles. The molecule has 2 aromatic carbocycles. The number of rotatable bonds is 3. The van der Waals surface area contributed by atoms with Crippen LogP contribution in [0.5, 0.6) is 0 Å². The number of nitrogens with zero attached hydrogens (tertiary/aromatic N) is 1. The lowest BCUT2D eigenvalue weighted by atomic mass is 10.2. The first kappa shape index (κ1) is 13.5. The van der Waals surface area contributed by atoms with Gasteiger partial charge in [0.15, 0.2) is 0 Å². The number of carbonyl (C=O) groups is 1. The molecular formula is C15H12N2O3S. The summed E-state index contributed by atoms with van der Waals surface area (Å²) in [5.74, 6) is -0.316. The van der Waals surface area contributed by atoms with E-state index in [4.69, 9.17) is 5.11 Å². The Bertz CT molecular complexity index is 853. The summed E-state index contributed by atoms with van der Waals surface area (Å²) in [4.78, 5) is 19.3.